The average molecular weight is 297 g/mol. The maximum absolute atomic E-state index is 11.6. The van der Waals surface area contributed by atoms with E-state index >= 15 is 0 Å². The zero-order valence-electron chi connectivity index (χ0n) is 9.98. The van der Waals surface area contributed by atoms with Gasteiger partial charge in [-0.2, -0.15) is 0 Å². The van der Waals surface area contributed by atoms with Crippen LogP contribution >= 0.6 is 23.2 Å². The number of rotatable bonds is 2. The van der Waals surface area contributed by atoms with E-state index in [1.807, 2.05) is 0 Å². The molecule has 98 valence electrons. The molecule has 0 amide bonds. The van der Waals surface area contributed by atoms with Gasteiger partial charge in [-0.25, -0.2) is 9.78 Å². The van der Waals surface area contributed by atoms with Crippen LogP contribution < -0.4 is 5.73 Å². The van der Waals surface area contributed by atoms with Gasteiger partial charge < -0.3 is 10.5 Å². The molecule has 2 rings (SSSR count). The molecule has 0 saturated heterocycles. The number of carbonyl (C=O) groups is 1. The third-order valence-corrected chi connectivity index (χ3v) is 3.15. The third kappa shape index (κ3) is 2.64. The predicted octanol–water partition coefficient (Wildman–Crippen LogP) is 3.42. The summed E-state index contributed by atoms with van der Waals surface area (Å²) in [5, 5.41) is 0.890. The van der Waals surface area contributed by atoms with Crippen molar-refractivity contribution < 1.29 is 9.53 Å². The van der Waals surface area contributed by atoms with Crippen LogP contribution in [0.15, 0.2) is 30.3 Å². The fraction of sp³-hybridized carbons (Fsp3) is 0.0769. The number of anilines is 1. The third-order valence-electron chi connectivity index (χ3n) is 2.52. The van der Waals surface area contributed by atoms with Crippen LogP contribution in [0.1, 0.15) is 10.5 Å². The number of hydrogen-bond donors (Lipinski definition) is 1. The Labute approximate surface area is 120 Å². The van der Waals surface area contributed by atoms with Crippen LogP contribution in [-0.2, 0) is 4.74 Å². The van der Waals surface area contributed by atoms with Crippen LogP contribution in [0.4, 0.5) is 5.69 Å². The summed E-state index contributed by atoms with van der Waals surface area (Å²) in [4.78, 5) is 15.7. The fourth-order valence-electron chi connectivity index (χ4n) is 1.61. The molecule has 4 nitrogen and oxygen atoms in total. The summed E-state index contributed by atoms with van der Waals surface area (Å²) >= 11 is 12.2. The van der Waals surface area contributed by atoms with E-state index in [1.165, 1.54) is 7.11 Å². The lowest BCUT2D eigenvalue weighted by atomic mass is 10.1. The molecule has 1 aromatic carbocycles. The van der Waals surface area contributed by atoms with E-state index in [0.29, 0.717) is 21.3 Å². The number of ether oxygens (including phenoxy) is 1. The average Bonchev–Trinajstić information content (AvgIpc) is 2.39. The molecule has 0 spiro atoms. The number of nitrogen functional groups attached to an aromatic ring is 1. The number of benzene rings is 1. The Morgan fingerprint density at radius 1 is 1.21 bits per heavy atom. The van der Waals surface area contributed by atoms with Crippen molar-refractivity contribution in [3.63, 3.8) is 0 Å². The van der Waals surface area contributed by atoms with E-state index in [0.717, 1.165) is 0 Å². The first-order chi connectivity index (χ1) is 9.04. The van der Waals surface area contributed by atoms with Gasteiger partial charge in [0, 0.05) is 5.56 Å². The van der Waals surface area contributed by atoms with Gasteiger partial charge >= 0.3 is 5.97 Å². The molecule has 1 aromatic heterocycles. The molecule has 1 heterocycles. The number of pyridine rings is 1. The lowest BCUT2D eigenvalue weighted by Crippen LogP contribution is -2.09. The van der Waals surface area contributed by atoms with E-state index in [1.54, 1.807) is 30.3 Å². The second-order valence-corrected chi connectivity index (χ2v) is 4.54. The smallest absolute Gasteiger partial charge is 0.358 e. The molecule has 0 bridgehead atoms. The Morgan fingerprint density at radius 2 is 1.84 bits per heavy atom. The van der Waals surface area contributed by atoms with Gasteiger partial charge in [0.15, 0.2) is 5.69 Å². The number of halogens is 2. The lowest BCUT2D eigenvalue weighted by molar-refractivity contribution is 0.0595. The van der Waals surface area contributed by atoms with Crippen LogP contribution in [0, 0.1) is 0 Å². The van der Waals surface area contributed by atoms with Crippen LogP contribution in [0.5, 0.6) is 0 Å². The van der Waals surface area contributed by atoms with E-state index in [4.69, 9.17) is 28.9 Å². The molecular weight excluding hydrogens is 287 g/mol. The number of methoxy groups -OCH3 is 1. The highest BCUT2D eigenvalue weighted by Gasteiger charge is 2.16. The fourth-order valence-corrected chi connectivity index (χ4v) is 2.20. The largest absolute Gasteiger partial charge is 0.464 e. The van der Waals surface area contributed by atoms with Crippen molar-refractivity contribution in [1.82, 2.24) is 4.98 Å². The number of aromatic nitrogens is 1. The van der Waals surface area contributed by atoms with Gasteiger partial charge in [0.05, 0.1) is 28.5 Å². The van der Waals surface area contributed by atoms with Crippen molar-refractivity contribution in [2.24, 2.45) is 0 Å². The first kappa shape index (κ1) is 13.6. The normalized spacial score (nSPS) is 10.3. The molecule has 0 saturated carbocycles. The van der Waals surface area contributed by atoms with E-state index in [-0.39, 0.29) is 11.4 Å². The van der Waals surface area contributed by atoms with Gasteiger partial charge in [-0.1, -0.05) is 29.3 Å². The van der Waals surface area contributed by atoms with Crippen LogP contribution in [0.25, 0.3) is 11.3 Å². The van der Waals surface area contributed by atoms with Gasteiger partial charge in [-0.05, 0) is 24.3 Å². The highest BCUT2D eigenvalue weighted by atomic mass is 35.5. The summed E-state index contributed by atoms with van der Waals surface area (Å²) in [7, 11) is 1.26. The number of nitrogens with zero attached hydrogens (tertiary/aromatic N) is 1. The monoisotopic (exact) mass is 296 g/mol. The lowest BCUT2D eigenvalue weighted by Gasteiger charge is -2.09. The van der Waals surface area contributed by atoms with Crippen molar-refractivity contribution in [2.45, 2.75) is 0 Å². The number of esters is 1. The number of carbonyl (C=O) groups excluding carboxylic acids is 1. The topological polar surface area (TPSA) is 65.2 Å². The maximum Gasteiger partial charge on any atom is 0.358 e. The molecule has 0 aliphatic heterocycles. The van der Waals surface area contributed by atoms with E-state index < -0.39 is 5.97 Å². The Morgan fingerprint density at radius 3 is 2.42 bits per heavy atom. The van der Waals surface area contributed by atoms with Gasteiger partial charge in [0.25, 0.3) is 0 Å². The first-order valence-corrected chi connectivity index (χ1v) is 6.09. The Hall–Kier alpha value is -1.78. The van der Waals surface area contributed by atoms with Gasteiger partial charge in [-0.3, -0.25) is 0 Å². The molecule has 0 atom stereocenters. The summed E-state index contributed by atoms with van der Waals surface area (Å²) in [6, 6.07) is 8.33. The molecule has 0 aliphatic rings. The summed E-state index contributed by atoms with van der Waals surface area (Å²) in [5.74, 6) is -0.609. The highest BCUT2D eigenvalue weighted by molar-refractivity contribution is 6.39. The molecule has 6 heteroatoms. The molecule has 0 unspecified atom stereocenters. The van der Waals surface area contributed by atoms with Crippen LogP contribution in [0.2, 0.25) is 10.0 Å². The van der Waals surface area contributed by atoms with Crippen molar-refractivity contribution in [3.05, 3.63) is 46.1 Å². The predicted molar refractivity (Wildman–Crippen MR) is 75.4 cm³/mol. The van der Waals surface area contributed by atoms with Crippen molar-refractivity contribution >= 4 is 34.9 Å². The summed E-state index contributed by atoms with van der Waals surface area (Å²) in [6.45, 7) is 0. The molecular formula is C13H10Cl2N2O2. The summed E-state index contributed by atoms with van der Waals surface area (Å²) in [6.07, 6.45) is 0. The van der Waals surface area contributed by atoms with Gasteiger partial charge in [0.1, 0.15) is 0 Å². The summed E-state index contributed by atoms with van der Waals surface area (Å²) < 4.78 is 4.62. The standard InChI is InChI=1S/C13H10Cl2N2O2/c1-19-13(18)12-9(16)5-6-10(17-12)11-7(14)3-2-4-8(11)15/h2-6H,16H2,1H3. The number of nitrogens with two attached hydrogens (primary N) is 1. The quantitative estimate of drug-likeness (QED) is 0.862. The first-order valence-electron chi connectivity index (χ1n) is 5.34. The Kier molecular flexibility index (Phi) is 3.93. The molecule has 0 radical (unpaired) electrons. The van der Waals surface area contributed by atoms with E-state index in [2.05, 4.69) is 9.72 Å². The maximum atomic E-state index is 11.6. The van der Waals surface area contributed by atoms with Gasteiger partial charge in [-0.15, -0.1) is 0 Å². The zero-order valence-corrected chi connectivity index (χ0v) is 11.5. The van der Waals surface area contributed by atoms with Crippen molar-refractivity contribution in [2.75, 3.05) is 12.8 Å². The molecule has 2 N–H and O–H groups in total. The molecule has 0 fully saturated rings. The van der Waals surface area contributed by atoms with Crippen molar-refractivity contribution in [1.29, 1.82) is 0 Å². The zero-order chi connectivity index (χ0) is 14.0. The van der Waals surface area contributed by atoms with Crippen molar-refractivity contribution in [3.8, 4) is 11.3 Å². The van der Waals surface area contributed by atoms with Crippen LogP contribution in [0.3, 0.4) is 0 Å². The van der Waals surface area contributed by atoms with E-state index in [9.17, 15) is 4.79 Å². The number of hydrogen-bond acceptors (Lipinski definition) is 4. The Balaban J connectivity index is 2.61. The Bertz CT molecular complexity index is 624. The molecule has 2 aromatic rings. The second-order valence-electron chi connectivity index (χ2n) is 3.72. The molecule has 0 aliphatic carbocycles. The minimum Gasteiger partial charge on any atom is -0.464 e. The summed E-state index contributed by atoms with van der Waals surface area (Å²) in [5.41, 5.74) is 6.98. The van der Waals surface area contributed by atoms with Gasteiger partial charge in [0.2, 0.25) is 0 Å². The minimum atomic E-state index is -0.609. The minimum absolute atomic E-state index is 0.0380. The molecule has 19 heavy (non-hydrogen) atoms. The van der Waals surface area contributed by atoms with Crippen LogP contribution in [-0.4, -0.2) is 18.1 Å². The second kappa shape index (κ2) is 5.47. The highest BCUT2D eigenvalue weighted by Crippen LogP contribution is 2.34. The SMILES string of the molecule is COC(=O)c1nc(-c2c(Cl)cccc2Cl)ccc1N.